The molecule has 0 spiro atoms. The largest absolute Gasteiger partial charge is 0.339 e. The van der Waals surface area contributed by atoms with Crippen molar-refractivity contribution < 1.29 is 4.79 Å². The zero-order chi connectivity index (χ0) is 30.2. The Kier molecular flexibility index (Phi) is 9.14. The fraction of sp³-hybridized carbons (Fsp3) is 0.618. The van der Waals surface area contributed by atoms with Gasteiger partial charge in [0.05, 0.1) is 16.6 Å². The lowest BCUT2D eigenvalue weighted by molar-refractivity contribution is 0.0741. The van der Waals surface area contributed by atoms with Gasteiger partial charge in [-0.3, -0.25) is 9.59 Å². The van der Waals surface area contributed by atoms with E-state index < -0.39 is 0 Å². The van der Waals surface area contributed by atoms with Crippen molar-refractivity contribution in [2.75, 3.05) is 32.7 Å². The second-order valence-electron chi connectivity index (χ2n) is 14.0. The normalized spacial score (nSPS) is 14.9. The van der Waals surface area contributed by atoms with Crippen LogP contribution in [0.4, 0.5) is 0 Å². The monoisotopic (exact) mass is 591 g/mol. The molecule has 0 N–H and O–H groups in total. The van der Waals surface area contributed by atoms with Gasteiger partial charge in [-0.2, -0.15) is 0 Å². The number of benzene rings is 1. The number of amides is 1. The summed E-state index contributed by atoms with van der Waals surface area (Å²) in [4.78, 5) is 38.7. The molecule has 0 unspecified atom stereocenters. The van der Waals surface area contributed by atoms with Crippen molar-refractivity contribution >= 4 is 44.3 Å². The minimum Gasteiger partial charge on any atom is -0.339 e. The van der Waals surface area contributed by atoms with Crippen molar-refractivity contribution in [1.29, 1.82) is 0 Å². The number of hydrogen-bond donors (Lipinski definition) is 0. The highest BCUT2D eigenvalue weighted by Gasteiger charge is 2.24. The summed E-state index contributed by atoms with van der Waals surface area (Å²) in [6.07, 6.45) is 5.48. The fourth-order valence-electron chi connectivity index (χ4n) is 5.91. The number of fused-ring (bicyclic) bond motifs is 4. The number of nitrogens with zero attached hydrogens (tertiary/aromatic N) is 5. The summed E-state index contributed by atoms with van der Waals surface area (Å²) < 4.78 is 4.66. The number of thiophene rings is 1. The first-order valence-electron chi connectivity index (χ1n) is 15.9. The molecule has 0 bridgehead atoms. The third-order valence-corrected chi connectivity index (χ3v) is 10.1. The first-order chi connectivity index (χ1) is 19.9. The van der Waals surface area contributed by atoms with Gasteiger partial charge in [0, 0.05) is 30.1 Å². The quantitative estimate of drug-likeness (QED) is 0.185. The molecule has 228 valence electrons. The second-order valence-corrected chi connectivity index (χ2v) is 15.1. The van der Waals surface area contributed by atoms with E-state index in [1.165, 1.54) is 12.8 Å². The molecule has 0 atom stereocenters. The average molecular weight is 592 g/mol. The van der Waals surface area contributed by atoms with Crippen LogP contribution in [0, 0.1) is 11.8 Å². The van der Waals surface area contributed by atoms with Crippen LogP contribution in [-0.4, -0.2) is 62.4 Å². The molecule has 5 rings (SSSR count). The van der Waals surface area contributed by atoms with Gasteiger partial charge in [0.2, 0.25) is 5.78 Å². The number of imidazole rings is 1. The zero-order valence-electron chi connectivity index (χ0n) is 26.7. The van der Waals surface area contributed by atoms with Gasteiger partial charge in [-0.15, -0.1) is 11.3 Å². The maximum atomic E-state index is 14.0. The summed E-state index contributed by atoms with van der Waals surface area (Å²) in [5.41, 5.74) is 3.11. The van der Waals surface area contributed by atoms with Crippen LogP contribution in [0.3, 0.4) is 0 Å². The molecule has 4 heterocycles. The van der Waals surface area contributed by atoms with E-state index in [2.05, 4.69) is 64.0 Å². The molecule has 0 aliphatic carbocycles. The number of aryl methyl sites for hydroxylation is 1. The van der Waals surface area contributed by atoms with Gasteiger partial charge >= 0.3 is 0 Å². The van der Waals surface area contributed by atoms with Crippen molar-refractivity contribution in [2.24, 2.45) is 11.8 Å². The van der Waals surface area contributed by atoms with Crippen molar-refractivity contribution in [3.8, 4) is 0 Å². The van der Waals surface area contributed by atoms with E-state index in [0.29, 0.717) is 27.9 Å². The van der Waals surface area contributed by atoms with E-state index in [1.54, 1.807) is 15.7 Å². The van der Waals surface area contributed by atoms with Gasteiger partial charge in [0.25, 0.3) is 11.5 Å². The fourth-order valence-corrected chi connectivity index (χ4v) is 6.99. The highest BCUT2D eigenvalue weighted by Crippen LogP contribution is 2.33. The van der Waals surface area contributed by atoms with Crippen LogP contribution in [0.15, 0.2) is 29.1 Å². The van der Waals surface area contributed by atoms with Gasteiger partial charge in [-0.1, -0.05) is 48.5 Å². The van der Waals surface area contributed by atoms with Crippen LogP contribution >= 0.6 is 11.3 Å². The van der Waals surface area contributed by atoms with E-state index in [4.69, 9.17) is 4.98 Å². The zero-order valence-corrected chi connectivity index (χ0v) is 27.5. The predicted molar refractivity (Wildman–Crippen MR) is 176 cm³/mol. The van der Waals surface area contributed by atoms with E-state index in [-0.39, 0.29) is 16.9 Å². The van der Waals surface area contributed by atoms with Crippen LogP contribution in [-0.2, 0) is 12.0 Å². The summed E-state index contributed by atoms with van der Waals surface area (Å²) in [5, 5.41) is 0. The number of carbonyl (C=O) groups is 1. The number of carbonyl (C=O) groups excluding carboxylic acids is 1. The highest BCUT2D eigenvalue weighted by atomic mass is 32.1. The lowest BCUT2D eigenvalue weighted by atomic mass is 9.95. The van der Waals surface area contributed by atoms with E-state index in [9.17, 15) is 9.59 Å². The number of likely N-dealkylation sites (tertiary alicyclic amines) is 1. The van der Waals surface area contributed by atoms with Crippen molar-refractivity contribution in [3.63, 3.8) is 0 Å². The Morgan fingerprint density at radius 1 is 0.976 bits per heavy atom. The van der Waals surface area contributed by atoms with Crippen LogP contribution in [0.2, 0.25) is 0 Å². The topological polar surface area (TPSA) is 62.9 Å². The molecule has 1 amide bonds. The molecule has 1 aromatic carbocycles. The van der Waals surface area contributed by atoms with Crippen LogP contribution in [0.5, 0.6) is 0 Å². The maximum absolute atomic E-state index is 14.0. The molecule has 4 aromatic rings. The Hall–Kier alpha value is -2.71. The molecule has 3 aromatic heterocycles. The van der Waals surface area contributed by atoms with Crippen molar-refractivity contribution in [2.45, 2.75) is 92.5 Å². The standard InChI is InChI=1S/C34H49N5O2S/c1-23(2)13-19-37(20-14-24(3)4)31(40)25-11-12-27-28(21-25)38(18-10-17-36-15-8-9-16-36)33-35-26-22-29(34(5,6)7)42-30(26)32(41)39(27)33/h11-12,21-24H,8-10,13-20H2,1-7H3. The number of hydrogen-bond acceptors (Lipinski definition) is 5. The Balaban J connectivity index is 1.60. The first-order valence-corrected chi connectivity index (χ1v) is 16.8. The summed E-state index contributed by atoms with van der Waals surface area (Å²) in [6.45, 7) is 21.0. The van der Waals surface area contributed by atoms with Gasteiger partial charge in [-0.25, -0.2) is 9.38 Å². The minimum absolute atomic E-state index is 0.0200. The Labute approximate surface area is 254 Å². The first kappa shape index (κ1) is 30.7. The maximum Gasteiger partial charge on any atom is 0.277 e. The second kappa shape index (κ2) is 12.5. The lowest BCUT2D eigenvalue weighted by Crippen LogP contribution is -2.34. The molecule has 1 aliphatic rings. The highest BCUT2D eigenvalue weighted by molar-refractivity contribution is 7.19. The Morgan fingerprint density at radius 2 is 1.64 bits per heavy atom. The Bertz CT molecular complexity index is 1600. The molecular weight excluding hydrogens is 542 g/mol. The molecule has 1 aliphatic heterocycles. The SMILES string of the molecule is CC(C)CCN(CCC(C)C)C(=O)c1ccc2c(c1)n(CCCN1CCCC1)c1nc3cc(C(C)(C)C)sc3c(=O)n21. The lowest BCUT2D eigenvalue weighted by Gasteiger charge is -2.24. The summed E-state index contributed by atoms with van der Waals surface area (Å²) in [5.74, 6) is 1.81. The predicted octanol–water partition coefficient (Wildman–Crippen LogP) is 7.18. The Morgan fingerprint density at radius 3 is 2.26 bits per heavy atom. The third-order valence-electron chi connectivity index (χ3n) is 8.56. The van der Waals surface area contributed by atoms with Gasteiger partial charge in [-0.05, 0) is 93.3 Å². The van der Waals surface area contributed by atoms with E-state index in [1.807, 2.05) is 23.1 Å². The average Bonchev–Trinajstić information content (AvgIpc) is 3.66. The molecule has 42 heavy (non-hydrogen) atoms. The van der Waals surface area contributed by atoms with Gasteiger partial charge in [0.15, 0.2) is 0 Å². The summed E-state index contributed by atoms with van der Waals surface area (Å²) in [6, 6.07) is 7.96. The summed E-state index contributed by atoms with van der Waals surface area (Å²) >= 11 is 1.55. The van der Waals surface area contributed by atoms with Gasteiger partial charge in [0.1, 0.15) is 4.70 Å². The summed E-state index contributed by atoms with van der Waals surface area (Å²) in [7, 11) is 0. The van der Waals surface area contributed by atoms with Gasteiger partial charge < -0.3 is 14.4 Å². The molecular formula is C34H49N5O2S. The smallest absolute Gasteiger partial charge is 0.277 e. The van der Waals surface area contributed by atoms with E-state index >= 15 is 0 Å². The molecule has 7 nitrogen and oxygen atoms in total. The molecule has 1 saturated heterocycles. The van der Waals surface area contributed by atoms with Crippen LogP contribution < -0.4 is 5.56 Å². The van der Waals surface area contributed by atoms with Crippen molar-refractivity contribution in [1.82, 2.24) is 23.8 Å². The number of rotatable bonds is 11. The third kappa shape index (κ3) is 6.45. The van der Waals surface area contributed by atoms with Crippen LogP contribution in [0.25, 0.3) is 27.0 Å². The molecule has 0 saturated carbocycles. The number of aromatic nitrogens is 3. The minimum atomic E-state index is -0.0491. The molecule has 8 heteroatoms. The molecule has 1 fully saturated rings. The molecule has 0 radical (unpaired) electrons. The van der Waals surface area contributed by atoms with Crippen molar-refractivity contribution in [3.05, 3.63) is 45.1 Å². The van der Waals surface area contributed by atoms with Crippen LogP contribution in [0.1, 0.15) is 95.8 Å². The van der Waals surface area contributed by atoms with E-state index in [0.717, 1.165) is 80.0 Å².